The van der Waals surface area contributed by atoms with E-state index in [9.17, 15) is 5.11 Å². The molecule has 1 aromatic heterocycles. The Labute approximate surface area is 219 Å². The Morgan fingerprint density at radius 3 is 2.25 bits per heavy atom. The normalized spacial score (nSPS) is 15.6. The zero-order valence-corrected chi connectivity index (χ0v) is 23.8. The van der Waals surface area contributed by atoms with Gasteiger partial charge in [0.15, 0.2) is 0 Å². The molecule has 0 aliphatic carbocycles. The minimum atomic E-state index is 0.0734. The maximum Gasteiger partial charge on any atom is 0.129 e. The molecule has 0 spiro atoms. The summed E-state index contributed by atoms with van der Waals surface area (Å²) in [7, 11) is 1.77. The lowest BCUT2D eigenvalue weighted by molar-refractivity contribution is 0.105. The monoisotopic (exact) mass is 495 g/mol. The minimum absolute atomic E-state index is 0.0734. The minimum Gasteiger partial charge on any atom is -0.396 e. The first-order valence-electron chi connectivity index (χ1n) is 13.8. The maximum atomic E-state index is 9.18. The molecule has 3 rings (SSSR count). The molecule has 5 heteroatoms. The molecule has 0 bridgehead atoms. The van der Waals surface area contributed by atoms with Crippen LogP contribution in [0.3, 0.4) is 0 Å². The zero-order valence-electron chi connectivity index (χ0n) is 23.8. The van der Waals surface area contributed by atoms with Crippen molar-refractivity contribution in [1.29, 1.82) is 0 Å². The molecule has 0 saturated carbocycles. The van der Waals surface area contributed by atoms with Gasteiger partial charge in [-0.05, 0) is 72.4 Å². The van der Waals surface area contributed by atoms with Crippen molar-refractivity contribution in [3.63, 3.8) is 0 Å². The fourth-order valence-electron chi connectivity index (χ4n) is 5.31. The molecule has 0 unspecified atom stereocenters. The number of aromatic nitrogens is 1. The van der Waals surface area contributed by atoms with Gasteiger partial charge in [-0.25, -0.2) is 4.98 Å². The van der Waals surface area contributed by atoms with Crippen LogP contribution in [0.25, 0.3) is 11.3 Å². The molecule has 200 valence electrons. The van der Waals surface area contributed by atoms with Gasteiger partial charge in [-0.15, -0.1) is 0 Å². The van der Waals surface area contributed by atoms with Gasteiger partial charge < -0.3 is 14.7 Å². The Kier molecular flexibility index (Phi) is 9.96. The molecule has 0 atom stereocenters. The summed E-state index contributed by atoms with van der Waals surface area (Å²) in [5.74, 6) is 1.08. The third-order valence-electron chi connectivity index (χ3n) is 7.41. The van der Waals surface area contributed by atoms with E-state index in [4.69, 9.17) is 9.72 Å². The summed E-state index contributed by atoms with van der Waals surface area (Å²) in [6.07, 6.45) is 4.16. The number of aliphatic hydroxyl groups excluding tert-OH is 1. The Balaban J connectivity index is 1.75. The number of hydrogen-bond donors (Lipinski definition) is 1. The summed E-state index contributed by atoms with van der Waals surface area (Å²) < 4.78 is 5.36. The number of ether oxygens (including phenoxy) is 1. The van der Waals surface area contributed by atoms with E-state index in [1.54, 1.807) is 7.11 Å². The zero-order chi connectivity index (χ0) is 26.3. The highest BCUT2D eigenvalue weighted by molar-refractivity contribution is 5.64. The van der Waals surface area contributed by atoms with E-state index < -0.39 is 0 Å². The van der Waals surface area contributed by atoms with Crippen molar-refractivity contribution in [3.05, 3.63) is 47.5 Å². The number of methoxy groups -OCH3 is 1. The van der Waals surface area contributed by atoms with Crippen molar-refractivity contribution in [2.45, 2.75) is 84.1 Å². The number of aliphatic hydroxyl groups is 1. The molecule has 1 saturated heterocycles. The molecule has 2 heterocycles. The molecule has 1 aliphatic heterocycles. The van der Waals surface area contributed by atoms with Crippen LogP contribution in [-0.4, -0.2) is 67.5 Å². The van der Waals surface area contributed by atoms with Crippen LogP contribution < -0.4 is 4.90 Å². The van der Waals surface area contributed by atoms with Gasteiger partial charge in [0.2, 0.25) is 0 Å². The van der Waals surface area contributed by atoms with Crippen LogP contribution in [0.4, 0.5) is 5.82 Å². The lowest BCUT2D eigenvalue weighted by Crippen LogP contribution is -2.46. The number of pyridine rings is 1. The quantitative estimate of drug-likeness (QED) is 0.408. The number of nitrogens with zero attached hydrogens (tertiary/aromatic N) is 3. The molecule has 36 heavy (non-hydrogen) atoms. The van der Waals surface area contributed by atoms with E-state index in [0.717, 1.165) is 70.0 Å². The van der Waals surface area contributed by atoms with E-state index in [1.165, 1.54) is 16.7 Å². The number of hydrogen-bond acceptors (Lipinski definition) is 5. The molecule has 0 radical (unpaired) electrons. The SMILES string of the molecule is COCCN(CCCCO)C1CCN(c2cccc(-c3ccc(C(C)(C)C)c(C(C)(C)C)c3)n2)CC1. The van der Waals surface area contributed by atoms with Crippen LogP contribution in [0.1, 0.15) is 78.4 Å². The molecule has 2 aromatic rings. The van der Waals surface area contributed by atoms with E-state index in [0.29, 0.717) is 6.04 Å². The number of benzene rings is 1. The van der Waals surface area contributed by atoms with Crippen molar-refractivity contribution < 1.29 is 9.84 Å². The van der Waals surface area contributed by atoms with Gasteiger partial charge in [0.05, 0.1) is 12.3 Å². The summed E-state index contributed by atoms with van der Waals surface area (Å²) in [6.45, 7) is 18.8. The first-order chi connectivity index (χ1) is 17.0. The van der Waals surface area contributed by atoms with Crippen molar-refractivity contribution in [1.82, 2.24) is 9.88 Å². The van der Waals surface area contributed by atoms with Crippen LogP contribution in [-0.2, 0) is 15.6 Å². The maximum absolute atomic E-state index is 9.18. The molecular weight excluding hydrogens is 446 g/mol. The molecule has 1 fully saturated rings. The number of piperidine rings is 1. The van der Waals surface area contributed by atoms with Crippen molar-refractivity contribution >= 4 is 5.82 Å². The number of anilines is 1. The van der Waals surface area contributed by atoms with Gasteiger partial charge >= 0.3 is 0 Å². The predicted octanol–water partition coefficient (Wildman–Crippen LogP) is 6.03. The van der Waals surface area contributed by atoms with Crippen LogP contribution in [0.5, 0.6) is 0 Å². The lowest BCUT2D eigenvalue weighted by atomic mass is 9.74. The summed E-state index contributed by atoms with van der Waals surface area (Å²) in [5.41, 5.74) is 5.23. The summed E-state index contributed by atoms with van der Waals surface area (Å²) in [4.78, 5) is 10.1. The van der Waals surface area contributed by atoms with E-state index in [2.05, 4.69) is 87.7 Å². The third kappa shape index (κ3) is 7.53. The molecule has 1 aromatic carbocycles. The topological polar surface area (TPSA) is 48.8 Å². The molecule has 1 aliphatic rings. The van der Waals surface area contributed by atoms with E-state index >= 15 is 0 Å². The third-order valence-corrected chi connectivity index (χ3v) is 7.41. The Morgan fingerprint density at radius 2 is 1.64 bits per heavy atom. The van der Waals surface area contributed by atoms with Gasteiger partial charge in [-0.2, -0.15) is 0 Å². The summed E-state index contributed by atoms with van der Waals surface area (Å²) >= 11 is 0. The van der Waals surface area contributed by atoms with Crippen molar-refractivity contribution in [3.8, 4) is 11.3 Å². The van der Waals surface area contributed by atoms with E-state index in [-0.39, 0.29) is 17.4 Å². The smallest absolute Gasteiger partial charge is 0.129 e. The Hall–Kier alpha value is -1.95. The van der Waals surface area contributed by atoms with Gasteiger partial charge in [0.25, 0.3) is 0 Å². The highest BCUT2D eigenvalue weighted by Crippen LogP contribution is 2.36. The standard InChI is InChI=1S/C31H49N3O2/c1-30(2,3)26-14-13-24(23-27(26)31(4,5)6)28-11-10-12-29(32-28)34-18-15-25(16-19-34)33(20-22-36-7)17-8-9-21-35/h10-14,23,25,35H,8-9,15-22H2,1-7H3. The van der Waals surface area contributed by atoms with Crippen molar-refractivity contribution in [2.24, 2.45) is 0 Å². The number of rotatable bonds is 10. The Morgan fingerprint density at radius 1 is 0.944 bits per heavy atom. The summed E-state index contributed by atoms with van der Waals surface area (Å²) in [5, 5.41) is 9.18. The highest BCUT2D eigenvalue weighted by Gasteiger charge is 2.27. The molecule has 0 amide bonds. The average molecular weight is 496 g/mol. The van der Waals surface area contributed by atoms with Gasteiger partial charge in [-0.3, -0.25) is 4.90 Å². The van der Waals surface area contributed by atoms with Crippen LogP contribution in [0.15, 0.2) is 36.4 Å². The molecule has 1 N–H and O–H groups in total. The average Bonchev–Trinajstić information content (AvgIpc) is 2.85. The predicted molar refractivity (Wildman–Crippen MR) is 152 cm³/mol. The highest BCUT2D eigenvalue weighted by atomic mass is 16.5. The second kappa shape index (κ2) is 12.5. The van der Waals surface area contributed by atoms with Gasteiger partial charge in [-0.1, -0.05) is 59.7 Å². The van der Waals surface area contributed by atoms with Gasteiger partial charge in [0, 0.05) is 45.0 Å². The fraction of sp³-hybridized carbons (Fsp3) is 0.645. The molecule has 5 nitrogen and oxygen atoms in total. The van der Waals surface area contributed by atoms with E-state index in [1.807, 2.05) is 0 Å². The fourth-order valence-corrected chi connectivity index (χ4v) is 5.31. The first-order valence-corrected chi connectivity index (χ1v) is 13.8. The molecular formula is C31H49N3O2. The first kappa shape index (κ1) is 28.6. The Bertz CT molecular complexity index is 953. The number of unbranched alkanes of at least 4 members (excludes halogenated alkanes) is 1. The van der Waals surface area contributed by atoms with Crippen LogP contribution in [0, 0.1) is 0 Å². The summed E-state index contributed by atoms with van der Waals surface area (Å²) in [6, 6.07) is 13.9. The largest absolute Gasteiger partial charge is 0.396 e. The van der Waals surface area contributed by atoms with Crippen LogP contribution in [0.2, 0.25) is 0 Å². The van der Waals surface area contributed by atoms with Gasteiger partial charge in [0.1, 0.15) is 5.82 Å². The second-order valence-corrected chi connectivity index (χ2v) is 12.3. The second-order valence-electron chi connectivity index (χ2n) is 12.3. The van der Waals surface area contributed by atoms with Crippen LogP contribution >= 0.6 is 0 Å². The lowest BCUT2D eigenvalue weighted by Gasteiger charge is -2.39. The van der Waals surface area contributed by atoms with Crippen molar-refractivity contribution in [2.75, 3.05) is 51.4 Å².